The Morgan fingerprint density at radius 2 is 2.14 bits per heavy atom. The molecule has 0 saturated carbocycles. The molecule has 0 atom stereocenters. The maximum absolute atomic E-state index is 12.1. The summed E-state index contributed by atoms with van der Waals surface area (Å²) in [6, 6.07) is 8.84. The predicted molar refractivity (Wildman–Crippen MR) is 87.8 cm³/mol. The fraction of sp³-hybridized carbons (Fsp3) is 0.188. The van der Waals surface area contributed by atoms with E-state index in [0.29, 0.717) is 22.8 Å². The normalized spacial score (nSPS) is 10.8. The lowest BCUT2D eigenvalue weighted by Gasteiger charge is -2.09. The Balaban J connectivity index is 1.89. The van der Waals surface area contributed by atoms with Crippen LogP contribution < -0.4 is 10.9 Å². The van der Waals surface area contributed by atoms with Crippen molar-refractivity contribution in [3.05, 3.63) is 63.0 Å². The van der Waals surface area contributed by atoms with Crippen molar-refractivity contribution >= 4 is 27.8 Å². The number of aromatic nitrogens is 2. The minimum Gasteiger partial charge on any atom is -0.379 e. The highest BCUT2D eigenvalue weighted by Crippen LogP contribution is 2.17. The fourth-order valence-corrected chi connectivity index (χ4v) is 3.21. The quantitative estimate of drug-likeness (QED) is 0.752. The minimum atomic E-state index is -0.0830. The van der Waals surface area contributed by atoms with Gasteiger partial charge in [0.25, 0.3) is 5.56 Å². The van der Waals surface area contributed by atoms with Gasteiger partial charge in [-0.1, -0.05) is 12.1 Å². The molecule has 0 aliphatic carbocycles. The summed E-state index contributed by atoms with van der Waals surface area (Å²) in [6.07, 6.45) is 0. The van der Waals surface area contributed by atoms with E-state index < -0.39 is 0 Å². The highest BCUT2D eigenvalue weighted by atomic mass is 32.1. The standard InChI is InChI=1S/C16H15N3O2S/c1-10-9-22-16-18-12(7-15(21)19(10)16)8-17-14-6-4-3-5-13(14)11(2)20/h3-7,9,17H,8H2,1-2H3. The summed E-state index contributed by atoms with van der Waals surface area (Å²) in [4.78, 5) is 28.9. The third-order valence-corrected chi connectivity index (χ3v) is 4.34. The molecule has 0 bridgehead atoms. The van der Waals surface area contributed by atoms with Gasteiger partial charge in [0, 0.05) is 28.4 Å². The zero-order valence-corrected chi connectivity index (χ0v) is 13.1. The molecule has 2 heterocycles. The van der Waals surface area contributed by atoms with Crippen LogP contribution in [0.4, 0.5) is 5.69 Å². The maximum atomic E-state index is 12.1. The molecule has 2 aromatic heterocycles. The van der Waals surface area contributed by atoms with Gasteiger partial charge in [-0.3, -0.25) is 14.0 Å². The van der Waals surface area contributed by atoms with Gasteiger partial charge in [0.2, 0.25) is 0 Å². The van der Waals surface area contributed by atoms with E-state index in [-0.39, 0.29) is 11.3 Å². The molecule has 22 heavy (non-hydrogen) atoms. The number of para-hydroxylation sites is 1. The van der Waals surface area contributed by atoms with E-state index in [1.54, 1.807) is 10.5 Å². The van der Waals surface area contributed by atoms with Gasteiger partial charge >= 0.3 is 0 Å². The molecule has 112 valence electrons. The molecule has 1 aromatic carbocycles. The molecule has 1 N–H and O–H groups in total. The molecule has 0 aliphatic rings. The van der Waals surface area contributed by atoms with Crippen LogP contribution in [0.15, 0.2) is 40.5 Å². The average Bonchev–Trinajstić information content (AvgIpc) is 2.87. The van der Waals surface area contributed by atoms with E-state index in [0.717, 1.165) is 11.4 Å². The Labute approximate surface area is 131 Å². The number of aryl methyl sites for hydroxylation is 1. The number of rotatable bonds is 4. The van der Waals surface area contributed by atoms with Crippen molar-refractivity contribution in [2.75, 3.05) is 5.32 Å². The lowest BCUT2D eigenvalue weighted by molar-refractivity contribution is 0.101. The Kier molecular flexibility index (Phi) is 3.77. The summed E-state index contributed by atoms with van der Waals surface area (Å²) in [5.74, 6) is 0.000428. The SMILES string of the molecule is CC(=O)c1ccccc1NCc1cc(=O)n2c(C)csc2n1. The van der Waals surface area contributed by atoms with Gasteiger partial charge in [0.15, 0.2) is 10.7 Å². The number of nitrogens with one attached hydrogen (secondary N) is 1. The predicted octanol–water partition coefficient (Wildman–Crippen LogP) is 2.88. The Morgan fingerprint density at radius 1 is 1.36 bits per heavy atom. The molecule has 0 radical (unpaired) electrons. The molecule has 0 amide bonds. The maximum Gasteiger partial charge on any atom is 0.259 e. The zero-order valence-electron chi connectivity index (χ0n) is 12.3. The molecule has 0 aliphatic heterocycles. The topological polar surface area (TPSA) is 63.5 Å². The first-order valence-electron chi connectivity index (χ1n) is 6.87. The van der Waals surface area contributed by atoms with Crippen molar-refractivity contribution in [1.82, 2.24) is 9.38 Å². The summed E-state index contributed by atoms with van der Waals surface area (Å²) < 4.78 is 1.59. The van der Waals surface area contributed by atoms with E-state index in [9.17, 15) is 9.59 Å². The van der Waals surface area contributed by atoms with Gasteiger partial charge in [0.05, 0.1) is 12.2 Å². The second kappa shape index (κ2) is 5.73. The van der Waals surface area contributed by atoms with Gasteiger partial charge in [-0.15, -0.1) is 11.3 Å². The number of anilines is 1. The summed E-state index contributed by atoms with van der Waals surface area (Å²) in [5.41, 5.74) is 2.84. The lowest BCUT2D eigenvalue weighted by Crippen LogP contribution is -2.16. The highest BCUT2D eigenvalue weighted by Gasteiger charge is 2.08. The molecule has 6 heteroatoms. The molecule has 3 rings (SSSR count). The number of thiazole rings is 1. The number of Topliss-reactive ketones (excluding diaryl/α,β-unsaturated/α-hetero) is 1. The largest absolute Gasteiger partial charge is 0.379 e. The smallest absolute Gasteiger partial charge is 0.259 e. The van der Waals surface area contributed by atoms with Gasteiger partial charge in [-0.05, 0) is 26.0 Å². The number of ketones is 1. The van der Waals surface area contributed by atoms with Gasteiger partial charge in [-0.25, -0.2) is 4.98 Å². The molecule has 3 aromatic rings. The van der Waals surface area contributed by atoms with Crippen LogP contribution in [-0.4, -0.2) is 15.2 Å². The Hall–Kier alpha value is -2.47. The lowest BCUT2D eigenvalue weighted by atomic mass is 10.1. The van der Waals surface area contributed by atoms with Crippen LogP contribution in [0.5, 0.6) is 0 Å². The molecule has 0 saturated heterocycles. The second-order valence-electron chi connectivity index (χ2n) is 5.04. The van der Waals surface area contributed by atoms with Crippen LogP contribution in [0.25, 0.3) is 4.96 Å². The first kappa shape index (κ1) is 14.5. The van der Waals surface area contributed by atoms with Crippen molar-refractivity contribution in [1.29, 1.82) is 0 Å². The van der Waals surface area contributed by atoms with Crippen LogP contribution in [-0.2, 0) is 6.54 Å². The first-order chi connectivity index (χ1) is 10.6. The Morgan fingerprint density at radius 3 is 2.91 bits per heavy atom. The fourth-order valence-electron chi connectivity index (χ4n) is 2.32. The van der Waals surface area contributed by atoms with Crippen LogP contribution in [0, 0.1) is 6.92 Å². The van der Waals surface area contributed by atoms with Crippen molar-refractivity contribution in [2.24, 2.45) is 0 Å². The molecule has 5 nitrogen and oxygen atoms in total. The van der Waals surface area contributed by atoms with Gasteiger partial charge in [0.1, 0.15) is 0 Å². The number of hydrogen-bond acceptors (Lipinski definition) is 5. The van der Waals surface area contributed by atoms with E-state index in [1.807, 2.05) is 30.5 Å². The average molecular weight is 313 g/mol. The molecule has 0 unspecified atom stereocenters. The first-order valence-corrected chi connectivity index (χ1v) is 7.75. The molecule has 0 spiro atoms. The van der Waals surface area contributed by atoms with Crippen LogP contribution in [0.1, 0.15) is 28.7 Å². The number of hydrogen-bond donors (Lipinski definition) is 1. The van der Waals surface area contributed by atoms with Crippen LogP contribution >= 0.6 is 11.3 Å². The van der Waals surface area contributed by atoms with E-state index in [1.165, 1.54) is 24.3 Å². The summed E-state index contributed by atoms with van der Waals surface area (Å²) in [6.45, 7) is 3.81. The Bertz CT molecular complexity index is 911. The summed E-state index contributed by atoms with van der Waals surface area (Å²) >= 11 is 1.44. The van der Waals surface area contributed by atoms with Crippen molar-refractivity contribution in [3.8, 4) is 0 Å². The third kappa shape index (κ3) is 2.65. The number of nitrogens with zero attached hydrogens (tertiary/aromatic N) is 2. The highest BCUT2D eigenvalue weighted by molar-refractivity contribution is 7.15. The van der Waals surface area contributed by atoms with Gasteiger partial charge in [-0.2, -0.15) is 0 Å². The van der Waals surface area contributed by atoms with E-state index in [2.05, 4.69) is 10.3 Å². The second-order valence-corrected chi connectivity index (χ2v) is 5.87. The molecule has 0 fully saturated rings. The van der Waals surface area contributed by atoms with Crippen molar-refractivity contribution in [2.45, 2.75) is 20.4 Å². The summed E-state index contributed by atoms with van der Waals surface area (Å²) in [5, 5.41) is 5.09. The van der Waals surface area contributed by atoms with Crippen molar-refractivity contribution < 1.29 is 4.79 Å². The monoisotopic (exact) mass is 313 g/mol. The molecular weight excluding hydrogens is 298 g/mol. The molecular formula is C16H15N3O2S. The number of fused-ring (bicyclic) bond motifs is 1. The zero-order chi connectivity index (χ0) is 15.7. The van der Waals surface area contributed by atoms with E-state index >= 15 is 0 Å². The van der Waals surface area contributed by atoms with Crippen LogP contribution in [0.3, 0.4) is 0 Å². The number of benzene rings is 1. The van der Waals surface area contributed by atoms with E-state index in [4.69, 9.17) is 0 Å². The number of carbonyl (C=O) groups excluding carboxylic acids is 1. The number of carbonyl (C=O) groups is 1. The minimum absolute atomic E-state index is 0.000428. The summed E-state index contributed by atoms with van der Waals surface area (Å²) in [7, 11) is 0. The van der Waals surface area contributed by atoms with Gasteiger partial charge < -0.3 is 5.32 Å². The van der Waals surface area contributed by atoms with Crippen molar-refractivity contribution in [3.63, 3.8) is 0 Å². The third-order valence-electron chi connectivity index (χ3n) is 3.39. The van der Waals surface area contributed by atoms with Crippen LogP contribution in [0.2, 0.25) is 0 Å².